The number of esters is 1. The molecule has 0 radical (unpaired) electrons. The van der Waals surface area contributed by atoms with Gasteiger partial charge in [0.1, 0.15) is 0 Å². The van der Waals surface area contributed by atoms with E-state index in [2.05, 4.69) is 0 Å². The molecule has 4 nitrogen and oxygen atoms in total. The number of carbonyl (C=O) groups excluding carboxylic acids is 1. The molecular formula is C10H17NO3. The number of carbonyl (C=O) groups is 1. The lowest BCUT2D eigenvalue weighted by Crippen LogP contribution is -3.12. The second kappa shape index (κ2) is 4.11. The van der Waals surface area contributed by atoms with Gasteiger partial charge in [0.25, 0.3) is 0 Å². The molecule has 0 aromatic carbocycles. The Labute approximate surface area is 84.1 Å². The van der Waals surface area contributed by atoms with Crippen LogP contribution in [0.15, 0.2) is 12.3 Å². The summed E-state index contributed by atoms with van der Waals surface area (Å²) in [5, 5.41) is 11.5. The maximum Gasteiger partial charge on any atom is 0.369 e. The Morgan fingerprint density at radius 3 is 2.79 bits per heavy atom. The fraction of sp³-hybridized carbons (Fsp3) is 0.700. The first-order chi connectivity index (χ1) is 6.57. The van der Waals surface area contributed by atoms with Crippen LogP contribution in [0, 0.1) is 11.1 Å². The molecule has 3 unspecified atom stereocenters. The van der Waals surface area contributed by atoms with Crippen molar-refractivity contribution in [3.8, 4) is 0 Å². The van der Waals surface area contributed by atoms with Gasteiger partial charge in [-0.3, -0.25) is 0 Å². The molecule has 0 spiro atoms. The SMILES string of the molecule is CCOC(=O)C1(C)C(CC)C=C[NH+]1[O-]. The van der Waals surface area contributed by atoms with Crippen molar-refractivity contribution in [2.45, 2.75) is 32.7 Å². The molecular weight excluding hydrogens is 182 g/mol. The molecule has 14 heavy (non-hydrogen) atoms. The number of ether oxygens (including phenoxy) is 1. The number of hydroxylamine groups is 2. The van der Waals surface area contributed by atoms with Gasteiger partial charge >= 0.3 is 5.97 Å². The van der Waals surface area contributed by atoms with Crippen molar-refractivity contribution in [1.29, 1.82) is 0 Å². The lowest BCUT2D eigenvalue weighted by molar-refractivity contribution is -0.836. The zero-order valence-electron chi connectivity index (χ0n) is 8.87. The maximum atomic E-state index is 11.7. The molecule has 3 atom stereocenters. The number of rotatable bonds is 3. The van der Waals surface area contributed by atoms with Crippen molar-refractivity contribution in [2.24, 2.45) is 5.92 Å². The Morgan fingerprint density at radius 2 is 2.29 bits per heavy atom. The van der Waals surface area contributed by atoms with Crippen LogP contribution in [0.25, 0.3) is 0 Å². The van der Waals surface area contributed by atoms with E-state index in [1.165, 1.54) is 6.20 Å². The van der Waals surface area contributed by atoms with E-state index in [-0.39, 0.29) is 11.0 Å². The van der Waals surface area contributed by atoms with Crippen LogP contribution in [0.3, 0.4) is 0 Å². The predicted molar refractivity (Wildman–Crippen MR) is 52.3 cm³/mol. The Kier molecular flexibility index (Phi) is 3.29. The molecule has 0 aromatic rings. The lowest BCUT2D eigenvalue weighted by Gasteiger charge is -2.35. The van der Waals surface area contributed by atoms with Crippen LogP contribution in [-0.2, 0) is 9.53 Å². The van der Waals surface area contributed by atoms with Crippen LogP contribution >= 0.6 is 0 Å². The minimum absolute atomic E-state index is 0.0194. The summed E-state index contributed by atoms with van der Waals surface area (Å²) in [6.45, 7) is 5.69. The fourth-order valence-corrected chi connectivity index (χ4v) is 1.83. The van der Waals surface area contributed by atoms with Crippen LogP contribution in [0.4, 0.5) is 0 Å². The zero-order valence-corrected chi connectivity index (χ0v) is 8.87. The molecule has 0 fully saturated rings. The molecule has 1 heterocycles. The second-order valence-electron chi connectivity index (χ2n) is 3.66. The highest BCUT2D eigenvalue weighted by Gasteiger charge is 2.49. The third kappa shape index (κ3) is 1.55. The summed E-state index contributed by atoms with van der Waals surface area (Å²) in [6, 6.07) is 0. The van der Waals surface area contributed by atoms with E-state index < -0.39 is 11.5 Å². The molecule has 1 N–H and O–H groups in total. The minimum atomic E-state index is -0.981. The van der Waals surface area contributed by atoms with E-state index >= 15 is 0 Å². The molecule has 1 rings (SSSR count). The zero-order chi connectivity index (χ0) is 10.8. The van der Waals surface area contributed by atoms with Crippen molar-refractivity contribution in [2.75, 3.05) is 6.61 Å². The van der Waals surface area contributed by atoms with Gasteiger partial charge in [-0.05, 0) is 19.4 Å². The van der Waals surface area contributed by atoms with Crippen molar-refractivity contribution in [1.82, 2.24) is 0 Å². The van der Waals surface area contributed by atoms with Crippen molar-refractivity contribution in [3.63, 3.8) is 0 Å². The quantitative estimate of drug-likeness (QED) is 0.523. The molecule has 4 heteroatoms. The first-order valence-electron chi connectivity index (χ1n) is 4.97. The summed E-state index contributed by atoms with van der Waals surface area (Å²) in [5.41, 5.74) is -0.981. The normalized spacial score (nSPS) is 36.0. The molecule has 80 valence electrons. The Hall–Kier alpha value is -0.870. The largest absolute Gasteiger partial charge is 0.628 e. The average Bonchev–Trinajstić information content (AvgIpc) is 2.45. The highest BCUT2D eigenvalue weighted by molar-refractivity contribution is 5.79. The van der Waals surface area contributed by atoms with Gasteiger partial charge < -0.3 is 15.0 Å². The summed E-state index contributed by atoms with van der Waals surface area (Å²) in [5.74, 6) is -0.420. The molecule has 0 amide bonds. The van der Waals surface area contributed by atoms with E-state index in [1.807, 2.05) is 6.92 Å². The second-order valence-corrected chi connectivity index (χ2v) is 3.66. The fourth-order valence-electron chi connectivity index (χ4n) is 1.83. The van der Waals surface area contributed by atoms with Gasteiger partial charge in [0, 0.05) is 12.8 Å². The van der Waals surface area contributed by atoms with E-state index in [9.17, 15) is 10.0 Å². The van der Waals surface area contributed by atoms with Crippen LogP contribution < -0.4 is 5.06 Å². The van der Waals surface area contributed by atoms with Crippen molar-refractivity contribution >= 4 is 5.97 Å². The molecule has 0 saturated carbocycles. The first kappa shape index (κ1) is 11.2. The molecule has 0 aromatic heterocycles. The van der Waals surface area contributed by atoms with Crippen LogP contribution in [-0.4, -0.2) is 18.1 Å². The van der Waals surface area contributed by atoms with Gasteiger partial charge in [0.05, 0.1) is 12.8 Å². The molecule has 0 aliphatic carbocycles. The van der Waals surface area contributed by atoms with Gasteiger partial charge in [-0.2, -0.15) is 0 Å². The first-order valence-corrected chi connectivity index (χ1v) is 4.97. The van der Waals surface area contributed by atoms with Gasteiger partial charge in [0.15, 0.2) is 0 Å². The van der Waals surface area contributed by atoms with Gasteiger partial charge in [-0.25, -0.2) is 4.79 Å². The third-order valence-corrected chi connectivity index (χ3v) is 2.87. The summed E-state index contributed by atoms with van der Waals surface area (Å²) in [4.78, 5) is 11.7. The number of quaternary nitrogens is 1. The van der Waals surface area contributed by atoms with Crippen molar-refractivity contribution < 1.29 is 14.6 Å². The number of hydrogen-bond donors (Lipinski definition) is 1. The Bertz CT molecular complexity index is 252. The standard InChI is InChI=1S/C10H17NO3/c1-4-8-6-7-11(13)10(8,3)9(12)14-5-2/h6-8,11H,4-5H2,1-3H3. The van der Waals surface area contributed by atoms with Crippen LogP contribution in [0.1, 0.15) is 27.2 Å². The maximum absolute atomic E-state index is 11.7. The summed E-state index contributed by atoms with van der Waals surface area (Å²) in [7, 11) is 0. The average molecular weight is 199 g/mol. The third-order valence-electron chi connectivity index (χ3n) is 2.87. The van der Waals surface area contributed by atoms with Crippen LogP contribution in [0.5, 0.6) is 0 Å². The molecule has 1 aliphatic heterocycles. The Morgan fingerprint density at radius 1 is 1.64 bits per heavy atom. The molecule has 0 bridgehead atoms. The van der Waals surface area contributed by atoms with E-state index in [4.69, 9.17) is 4.74 Å². The summed E-state index contributed by atoms with van der Waals surface area (Å²) >= 11 is 0. The van der Waals surface area contributed by atoms with E-state index in [1.54, 1.807) is 19.9 Å². The number of nitrogens with one attached hydrogen (secondary N) is 1. The summed E-state index contributed by atoms with van der Waals surface area (Å²) < 4.78 is 4.93. The highest BCUT2D eigenvalue weighted by atomic mass is 16.6. The highest BCUT2D eigenvalue weighted by Crippen LogP contribution is 2.24. The smallest absolute Gasteiger partial charge is 0.369 e. The van der Waals surface area contributed by atoms with Gasteiger partial charge in [-0.15, -0.1) is 0 Å². The lowest BCUT2D eigenvalue weighted by atomic mass is 9.86. The Balaban J connectivity index is 2.85. The predicted octanol–water partition coefficient (Wildman–Crippen LogP) is 0.244. The molecule has 1 aliphatic rings. The van der Waals surface area contributed by atoms with Gasteiger partial charge in [-0.1, -0.05) is 6.92 Å². The summed E-state index contributed by atoms with van der Waals surface area (Å²) in [6.07, 6.45) is 4.07. The van der Waals surface area contributed by atoms with Gasteiger partial charge in [0.2, 0.25) is 5.54 Å². The van der Waals surface area contributed by atoms with Crippen LogP contribution in [0.2, 0.25) is 0 Å². The van der Waals surface area contributed by atoms with Crippen molar-refractivity contribution in [3.05, 3.63) is 17.5 Å². The topological polar surface area (TPSA) is 53.8 Å². The van der Waals surface area contributed by atoms with E-state index in [0.29, 0.717) is 6.61 Å². The minimum Gasteiger partial charge on any atom is -0.628 e. The number of hydrogen-bond acceptors (Lipinski definition) is 3. The monoisotopic (exact) mass is 199 g/mol. The molecule has 0 saturated heterocycles. The van der Waals surface area contributed by atoms with E-state index in [0.717, 1.165) is 6.42 Å².